The van der Waals surface area contributed by atoms with Crippen LogP contribution >= 0.6 is 11.8 Å². The van der Waals surface area contributed by atoms with Crippen LogP contribution in [0.5, 0.6) is 11.5 Å². The Morgan fingerprint density at radius 3 is 1.52 bits per heavy atom. The average molecular weight is 306 g/mol. The van der Waals surface area contributed by atoms with E-state index in [9.17, 15) is 10.2 Å². The molecule has 0 spiro atoms. The first-order chi connectivity index (χ1) is 10.2. The molecule has 0 fully saturated rings. The van der Waals surface area contributed by atoms with Gasteiger partial charge in [-0.25, -0.2) is 0 Å². The van der Waals surface area contributed by atoms with Gasteiger partial charge in [0, 0.05) is 13.2 Å². The predicted molar refractivity (Wildman–Crippen MR) is 81.9 cm³/mol. The summed E-state index contributed by atoms with van der Waals surface area (Å²) < 4.78 is 0. The van der Waals surface area contributed by atoms with Gasteiger partial charge in [0.05, 0.1) is 9.79 Å². The lowest BCUT2D eigenvalue weighted by molar-refractivity contribution is 0.298. The van der Waals surface area contributed by atoms with E-state index in [1.54, 1.807) is 24.3 Å². The monoisotopic (exact) mass is 306 g/mol. The number of benzene rings is 2. The molecule has 0 aliphatic rings. The molecule has 0 saturated carbocycles. The van der Waals surface area contributed by atoms with E-state index < -0.39 is 0 Å². The first-order valence-corrected chi connectivity index (χ1v) is 7.50. The molecule has 0 saturated heterocycles. The molecule has 0 heterocycles. The van der Waals surface area contributed by atoms with Crippen molar-refractivity contribution in [1.29, 1.82) is 0 Å². The summed E-state index contributed by atoms with van der Waals surface area (Å²) in [5.41, 5.74) is 1.64. The molecule has 0 aliphatic heterocycles. The maximum atomic E-state index is 10.1. The summed E-state index contributed by atoms with van der Waals surface area (Å²) >= 11 is 1.25. The van der Waals surface area contributed by atoms with Gasteiger partial charge in [-0.3, -0.25) is 0 Å². The number of hydrogen-bond acceptors (Lipinski definition) is 5. The van der Waals surface area contributed by atoms with Crippen molar-refractivity contribution >= 4 is 11.8 Å². The fourth-order valence-electron chi connectivity index (χ4n) is 2.11. The van der Waals surface area contributed by atoms with E-state index in [2.05, 4.69) is 0 Å². The zero-order valence-electron chi connectivity index (χ0n) is 11.5. The molecule has 0 unspecified atom stereocenters. The number of hydrogen-bond donors (Lipinski definition) is 4. The second kappa shape index (κ2) is 7.36. The number of phenols is 2. The van der Waals surface area contributed by atoms with Gasteiger partial charge >= 0.3 is 0 Å². The maximum absolute atomic E-state index is 10.1. The van der Waals surface area contributed by atoms with Gasteiger partial charge in [-0.05, 0) is 36.1 Å². The summed E-state index contributed by atoms with van der Waals surface area (Å²) in [6, 6.07) is 10.3. The van der Waals surface area contributed by atoms with Gasteiger partial charge in [0.2, 0.25) is 0 Å². The maximum Gasteiger partial charge on any atom is 0.129 e. The first kappa shape index (κ1) is 15.7. The number of aliphatic hydroxyl groups excluding tert-OH is 2. The number of aliphatic hydroxyl groups is 2. The van der Waals surface area contributed by atoms with Crippen molar-refractivity contribution in [3.05, 3.63) is 47.5 Å². The predicted octanol–water partition coefficient (Wildman–Crippen LogP) is 2.32. The third-order valence-electron chi connectivity index (χ3n) is 3.12. The van der Waals surface area contributed by atoms with Crippen LogP contribution in [0, 0.1) is 0 Å². The Balaban J connectivity index is 2.43. The highest BCUT2D eigenvalue weighted by Gasteiger charge is 2.14. The van der Waals surface area contributed by atoms with Crippen LogP contribution in [0.3, 0.4) is 0 Å². The molecule has 4 N–H and O–H groups in total. The Kier molecular flexibility index (Phi) is 5.50. The van der Waals surface area contributed by atoms with E-state index in [1.165, 1.54) is 11.8 Å². The fraction of sp³-hybridized carbons (Fsp3) is 0.250. The highest BCUT2D eigenvalue weighted by atomic mass is 32.2. The minimum atomic E-state index is -0.0126. The quantitative estimate of drug-likeness (QED) is 0.658. The molecule has 4 nitrogen and oxygen atoms in total. The average Bonchev–Trinajstić information content (AvgIpc) is 2.46. The van der Waals surface area contributed by atoms with Gasteiger partial charge in [0.1, 0.15) is 11.5 Å². The van der Waals surface area contributed by atoms with E-state index in [-0.39, 0.29) is 24.7 Å². The van der Waals surface area contributed by atoms with Gasteiger partial charge in [0.15, 0.2) is 0 Å². The zero-order chi connectivity index (χ0) is 15.2. The molecule has 0 aromatic heterocycles. The minimum Gasteiger partial charge on any atom is -0.507 e. The second-order valence-electron chi connectivity index (χ2n) is 4.58. The van der Waals surface area contributed by atoms with Crippen molar-refractivity contribution < 1.29 is 20.4 Å². The van der Waals surface area contributed by atoms with Gasteiger partial charge in [-0.2, -0.15) is 0 Å². The summed E-state index contributed by atoms with van der Waals surface area (Å²) in [6.45, 7) is -0.0252. The first-order valence-electron chi connectivity index (χ1n) is 6.68. The van der Waals surface area contributed by atoms with E-state index >= 15 is 0 Å². The van der Waals surface area contributed by atoms with Crippen LogP contribution in [-0.4, -0.2) is 33.6 Å². The summed E-state index contributed by atoms with van der Waals surface area (Å²) in [6.07, 6.45) is 0.860. The second-order valence-corrected chi connectivity index (χ2v) is 5.60. The van der Waals surface area contributed by atoms with Gasteiger partial charge in [-0.15, -0.1) is 0 Å². The molecular formula is C16H18O4S. The van der Waals surface area contributed by atoms with Gasteiger partial charge in [-0.1, -0.05) is 36.0 Å². The Bertz CT molecular complexity index is 560. The zero-order valence-corrected chi connectivity index (χ0v) is 12.3. The van der Waals surface area contributed by atoms with Crippen molar-refractivity contribution in [3.8, 4) is 11.5 Å². The Morgan fingerprint density at radius 2 is 1.14 bits per heavy atom. The van der Waals surface area contributed by atoms with Crippen LogP contribution in [0.15, 0.2) is 46.2 Å². The third-order valence-corrected chi connectivity index (χ3v) is 4.47. The molecular weight excluding hydrogens is 288 g/mol. The number of aromatic hydroxyl groups is 2. The van der Waals surface area contributed by atoms with Crippen LogP contribution < -0.4 is 0 Å². The SMILES string of the molecule is OCCc1cccc(O)c1Sc1c(O)cccc1CCO. The summed E-state index contributed by atoms with van der Waals surface area (Å²) in [7, 11) is 0. The topological polar surface area (TPSA) is 80.9 Å². The molecule has 2 aromatic carbocycles. The van der Waals surface area contributed by atoms with Crippen molar-refractivity contribution in [2.75, 3.05) is 13.2 Å². The normalized spacial score (nSPS) is 10.8. The largest absolute Gasteiger partial charge is 0.507 e. The van der Waals surface area contributed by atoms with Crippen LogP contribution in [0.1, 0.15) is 11.1 Å². The molecule has 2 rings (SSSR count). The summed E-state index contributed by atoms with van der Waals surface area (Å²) in [5.74, 6) is 0.230. The summed E-state index contributed by atoms with van der Waals surface area (Å²) in [5, 5.41) is 38.4. The van der Waals surface area contributed by atoms with Crippen LogP contribution in [0.4, 0.5) is 0 Å². The van der Waals surface area contributed by atoms with Gasteiger partial charge in [0.25, 0.3) is 0 Å². The number of rotatable bonds is 6. The molecule has 0 radical (unpaired) electrons. The Morgan fingerprint density at radius 1 is 0.714 bits per heavy atom. The van der Waals surface area contributed by atoms with E-state index in [0.717, 1.165) is 11.1 Å². The molecule has 112 valence electrons. The van der Waals surface area contributed by atoms with Crippen molar-refractivity contribution in [3.63, 3.8) is 0 Å². The lowest BCUT2D eigenvalue weighted by atomic mass is 10.1. The van der Waals surface area contributed by atoms with Gasteiger partial charge < -0.3 is 20.4 Å². The smallest absolute Gasteiger partial charge is 0.129 e. The fourth-order valence-corrected chi connectivity index (χ4v) is 3.27. The van der Waals surface area contributed by atoms with E-state index in [4.69, 9.17) is 10.2 Å². The molecule has 5 heteroatoms. The molecule has 0 aliphatic carbocycles. The van der Waals surface area contributed by atoms with Crippen molar-refractivity contribution in [1.82, 2.24) is 0 Å². The molecule has 2 aromatic rings. The summed E-state index contributed by atoms with van der Waals surface area (Å²) in [4.78, 5) is 1.24. The highest BCUT2D eigenvalue weighted by molar-refractivity contribution is 7.99. The highest BCUT2D eigenvalue weighted by Crippen LogP contribution is 2.42. The third kappa shape index (κ3) is 3.69. The lowest BCUT2D eigenvalue weighted by Gasteiger charge is -2.14. The van der Waals surface area contributed by atoms with Crippen molar-refractivity contribution in [2.45, 2.75) is 22.6 Å². The van der Waals surface area contributed by atoms with Crippen LogP contribution in [-0.2, 0) is 12.8 Å². The number of phenolic OH excluding ortho intramolecular Hbond substituents is 2. The van der Waals surface area contributed by atoms with E-state index in [0.29, 0.717) is 22.6 Å². The molecule has 0 bridgehead atoms. The minimum absolute atomic E-state index is 0.0126. The van der Waals surface area contributed by atoms with E-state index in [1.807, 2.05) is 12.1 Å². The standard InChI is InChI=1S/C16H18O4S/c17-9-7-11-3-1-5-13(19)15(11)21-16-12(8-10-18)4-2-6-14(16)20/h1-6,17-20H,7-10H2. The van der Waals surface area contributed by atoms with Crippen LogP contribution in [0.2, 0.25) is 0 Å². The lowest BCUT2D eigenvalue weighted by Crippen LogP contribution is -1.96. The Hall–Kier alpha value is -1.69. The molecule has 0 atom stereocenters. The van der Waals surface area contributed by atoms with Crippen LogP contribution in [0.25, 0.3) is 0 Å². The molecule has 0 amide bonds. The molecule has 21 heavy (non-hydrogen) atoms. The Labute approximate surface area is 127 Å². The van der Waals surface area contributed by atoms with Crippen molar-refractivity contribution in [2.24, 2.45) is 0 Å².